The summed E-state index contributed by atoms with van der Waals surface area (Å²) in [5, 5.41) is 10.4. The molecule has 3 unspecified atom stereocenters. The molecular formula is C15H21NO2. The fourth-order valence-corrected chi connectivity index (χ4v) is 3.46. The van der Waals surface area contributed by atoms with Crippen molar-refractivity contribution in [2.24, 2.45) is 17.8 Å². The van der Waals surface area contributed by atoms with E-state index in [9.17, 15) is 5.11 Å². The molecule has 2 fully saturated rings. The van der Waals surface area contributed by atoms with Gasteiger partial charge in [-0.05, 0) is 43.1 Å². The maximum Gasteiger partial charge on any atom is 0.137 e. The van der Waals surface area contributed by atoms with Crippen LogP contribution in [0.5, 0.6) is 5.75 Å². The van der Waals surface area contributed by atoms with Crippen molar-refractivity contribution < 1.29 is 9.84 Å². The molecule has 0 amide bonds. The molecule has 2 aliphatic carbocycles. The largest absolute Gasteiger partial charge is 0.492 e. The van der Waals surface area contributed by atoms with Crippen LogP contribution in [-0.2, 0) is 0 Å². The Hall–Kier alpha value is -1.09. The summed E-state index contributed by atoms with van der Waals surface area (Å²) in [5.41, 5.74) is 0.919. The average Bonchev–Trinajstić information content (AvgIpc) is 2.88. The number of rotatable bonds is 5. The van der Waals surface area contributed by atoms with Crippen LogP contribution in [0.3, 0.4) is 0 Å². The SMILES string of the molecule is CCCOc1cncc(C(O)C2C3CCCC32)c1. The van der Waals surface area contributed by atoms with Gasteiger partial charge in [-0.1, -0.05) is 13.3 Å². The summed E-state index contributed by atoms with van der Waals surface area (Å²) in [7, 11) is 0. The van der Waals surface area contributed by atoms with Gasteiger partial charge in [0.15, 0.2) is 0 Å². The Morgan fingerprint density at radius 3 is 2.89 bits per heavy atom. The molecule has 3 rings (SSSR count). The van der Waals surface area contributed by atoms with Crippen LogP contribution >= 0.6 is 0 Å². The lowest BCUT2D eigenvalue weighted by Gasteiger charge is -2.14. The summed E-state index contributed by atoms with van der Waals surface area (Å²) >= 11 is 0. The molecule has 1 N–H and O–H groups in total. The molecule has 1 aromatic heterocycles. The number of aliphatic hydroxyl groups excluding tert-OH is 1. The maximum atomic E-state index is 10.4. The van der Waals surface area contributed by atoms with E-state index in [1.54, 1.807) is 12.4 Å². The highest BCUT2D eigenvalue weighted by Gasteiger charge is 2.55. The van der Waals surface area contributed by atoms with Crippen LogP contribution in [0, 0.1) is 17.8 Å². The Kier molecular flexibility index (Phi) is 3.25. The predicted octanol–water partition coefficient (Wildman–Crippen LogP) is 2.95. The van der Waals surface area contributed by atoms with Crippen LogP contribution in [0.4, 0.5) is 0 Å². The Morgan fingerprint density at radius 2 is 2.17 bits per heavy atom. The first-order chi connectivity index (χ1) is 8.81. The first-order valence-electron chi connectivity index (χ1n) is 7.07. The van der Waals surface area contributed by atoms with Crippen LogP contribution in [0.1, 0.15) is 44.3 Å². The van der Waals surface area contributed by atoms with E-state index >= 15 is 0 Å². The summed E-state index contributed by atoms with van der Waals surface area (Å²) in [6.07, 6.45) is 8.07. The first-order valence-corrected chi connectivity index (χ1v) is 7.07. The third kappa shape index (κ3) is 2.12. The van der Waals surface area contributed by atoms with E-state index in [1.165, 1.54) is 19.3 Å². The van der Waals surface area contributed by atoms with E-state index in [-0.39, 0.29) is 6.10 Å². The number of aliphatic hydroxyl groups is 1. The number of hydrogen-bond acceptors (Lipinski definition) is 3. The number of ether oxygens (including phenoxy) is 1. The van der Waals surface area contributed by atoms with Crippen molar-refractivity contribution in [1.82, 2.24) is 4.98 Å². The van der Waals surface area contributed by atoms with E-state index in [0.717, 1.165) is 29.6 Å². The third-order valence-corrected chi connectivity index (χ3v) is 4.39. The van der Waals surface area contributed by atoms with E-state index in [0.29, 0.717) is 12.5 Å². The average molecular weight is 247 g/mol. The van der Waals surface area contributed by atoms with Gasteiger partial charge in [0.25, 0.3) is 0 Å². The molecule has 1 heterocycles. The Morgan fingerprint density at radius 1 is 1.39 bits per heavy atom. The lowest BCUT2D eigenvalue weighted by molar-refractivity contribution is 0.136. The predicted molar refractivity (Wildman–Crippen MR) is 69.3 cm³/mol. The minimum absolute atomic E-state index is 0.349. The fraction of sp³-hybridized carbons (Fsp3) is 0.667. The molecule has 0 bridgehead atoms. The number of aromatic nitrogens is 1. The minimum atomic E-state index is -0.349. The van der Waals surface area contributed by atoms with Gasteiger partial charge in [0.2, 0.25) is 0 Å². The minimum Gasteiger partial charge on any atom is -0.492 e. The van der Waals surface area contributed by atoms with Crippen LogP contribution in [0.2, 0.25) is 0 Å². The first kappa shape index (κ1) is 12.0. The molecule has 2 saturated carbocycles. The van der Waals surface area contributed by atoms with Gasteiger partial charge in [-0.3, -0.25) is 4.98 Å². The highest BCUT2D eigenvalue weighted by atomic mass is 16.5. The summed E-state index contributed by atoms with van der Waals surface area (Å²) < 4.78 is 5.57. The lowest BCUT2D eigenvalue weighted by atomic mass is 10.0. The second kappa shape index (κ2) is 4.88. The van der Waals surface area contributed by atoms with Gasteiger partial charge in [0, 0.05) is 11.8 Å². The second-order valence-corrected chi connectivity index (χ2v) is 5.58. The van der Waals surface area contributed by atoms with Gasteiger partial charge in [0.1, 0.15) is 5.75 Å². The fourth-order valence-electron chi connectivity index (χ4n) is 3.46. The zero-order valence-corrected chi connectivity index (χ0v) is 10.9. The zero-order chi connectivity index (χ0) is 12.5. The Bertz CT molecular complexity index is 411. The maximum absolute atomic E-state index is 10.4. The zero-order valence-electron chi connectivity index (χ0n) is 10.9. The Balaban J connectivity index is 1.68. The molecular weight excluding hydrogens is 226 g/mol. The van der Waals surface area contributed by atoms with E-state index in [4.69, 9.17) is 4.74 Å². The van der Waals surface area contributed by atoms with Crippen molar-refractivity contribution in [3.8, 4) is 5.75 Å². The molecule has 3 nitrogen and oxygen atoms in total. The third-order valence-electron chi connectivity index (χ3n) is 4.39. The van der Waals surface area contributed by atoms with Gasteiger partial charge in [-0.2, -0.15) is 0 Å². The van der Waals surface area contributed by atoms with Crippen molar-refractivity contribution in [3.05, 3.63) is 24.0 Å². The van der Waals surface area contributed by atoms with Crippen LogP contribution in [0.15, 0.2) is 18.5 Å². The molecule has 0 aromatic carbocycles. The highest BCUT2D eigenvalue weighted by Crippen LogP contribution is 2.62. The van der Waals surface area contributed by atoms with E-state index in [1.807, 2.05) is 6.07 Å². The van der Waals surface area contributed by atoms with Crippen molar-refractivity contribution in [2.75, 3.05) is 6.61 Å². The summed E-state index contributed by atoms with van der Waals surface area (Å²) in [5.74, 6) is 2.78. The van der Waals surface area contributed by atoms with Crippen LogP contribution < -0.4 is 4.74 Å². The second-order valence-electron chi connectivity index (χ2n) is 5.58. The molecule has 1 aromatic rings. The van der Waals surface area contributed by atoms with Crippen molar-refractivity contribution in [1.29, 1.82) is 0 Å². The molecule has 0 radical (unpaired) electrons. The van der Waals surface area contributed by atoms with Crippen LogP contribution in [0.25, 0.3) is 0 Å². The molecule has 98 valence electrons. The van der Waals surface area contributed by atoms with Crippen LogP contribution in [-0.4, -0.2) is 16.7 Å². The number of hydrogen-bond donors (Lipinski definition) is 1. The van der Waals surface area contributed by atoms with Gasteiger partial charge < -0.3 is 9.84 Å². The smallest absolute Gasteiger partial charge is 0.137 e. The van der Waals surface area contributed by atoms with Gasteiger partial charge in [-0.15, -0.1) is 0 Å². The van der Waals surface area contributed by atoms with Gasteiger partial charge in [0.05, 0.1) is 18.9 Å². The lowest BCUT2D eigenvalue weighted by Crippen LogP contribution is -2.05. The molecule has 3 atom stereocenters. The quantitative estimate of drug-likeness (QED) is 0.869. The number of nitrogens with zero attached hydrogens (tertiary/aromatic N) is 1. The normalized spacial score (nSPS) is 30.9. The molecule has 0 spiro atoms. The molecule has 2 aliphatic rings. The van der Waals surface area contributed by atoms with Gasteiger partial charge in [-0.25, -0.2) is 0 Å². The van der Waals surface area contributed by atoms with E-state index in [2.05, 4.69) is 11.9 Å². The van der Waals surface area contributed by atoms with Crippen molar-refractivity contribution in [2.45, 2.75) is 38.7 Å². The van der Waals surface area contributed by atoms with Crippen molar-refractivity contribution in [3.63, 3.8) is 0 Å². The topological polar surface area (TPSA) is 42.4 Å². The van der Waals surface area contributed by atoms with Crippen molar-refractivity contribution >= 4 is 0 Å². The highest BCUT2D eigenvalue weighted by molar-refractivity contribution is 5.27. The summed E-state index contributed by atoms with van der Waals surface area (Å²) in [6.45, 7) is 2.79. The van der Waals surface area contributed by atoms with Gasteiger partial charge >= 0.3 is 0 Å². The Labute approximate surface area is 108 Å². The summed E-state index contributed by atoms with van der Waals surface area (Å²) in [6, 6.07) is 1.95. The molecule has 0 aliphatic heterocycles. The molecule has 18 heavy (non-hydrogen) atoms. The number of pyridine rings is 1. The number of fused-ring (bicyclic) bond motifs is 1. The molecule has 3 heteroatoms. The summed E-state index contributed by atoms with van der Waals surface area (Å²) in [4.78, 5) is 4.18. The monoisotopic (exact) mass is 247 g/mol. The van der Waals surface area contributed by atoms with E-state index < -0.39 is 0 Å². The standard InChI is InChI=1S/C15H21NO2/c1-2-6-18-11-7-10(8-16-9-11)15(17)14-12-4-3-5-13(12)14/h7-9,12-15,17H,2-6H2,1H3. The molecule has 0 saturated heterocycles.